The van der Waals surface area contributed by atoms with E-state index < -0.39 is 0 Å². The predicted molar refractivity (Wildman–Crippen MR) is 89.7 cm³/mol. The van der Waals surface area contributed by atoms with Crippen LogP contribution in [0.15, 0.2) is 22.7 Å². The van der Waals surface area contributed by atoms with Crippen molar-refractivity contribution in [3.8, 4) is 5.75 Å². The Morgan fingerprint density at radius 2 is 2.35 bits per heavy atom. The largest absolute Gasteiger partial charge is 0.486 e. The van der Waals surface area contributed by atoms with Crippen molar-refractivity contribution in [2.45, 2.75) is 50.0 Å². The Morgan fingerprint density at radius 1 is 1.50 bits per heavy atom. The molecule has 2 nitrogen and oxygen atoms in total. The van der Waals surface area contributed by atoms with Gasteiger partial charge in [-0.2, -0.15) is 11.8 Å². The van der Waals surface area contributed by atoms with Crippen LogP contribution in [0.25, 0.3) is 0 Å². The third-order valence-corrected chi connectivity index (χ3v) is 6.46. The average molecular weight is 356 g/mol. The van der Waals surface area contributed by atoms with Crippen molar-refractivity contribution in [2.24, 2.45) is 0 Å². The number of benzene rings is 1. The molecule has 0 radical (unpaired) electrons. The van der Waals surface area contributed by atoms with E-state index in [1.165, 1.54) is 24.2 Å². The molecule has 2 aliphatic rings. The van der Waals surface area contributed by atoms with Crippen LogP contribution in [0.5, 0.6) is 5.75 Å². The molecule has 3 atom stereocenters. The van der Waals surface area contributed by atoms with E-state index in [1.807, 2.05) is 0 Å². The number of ether oxygens (including phenoxy) is 1. The van der Waals surface area contributed by atoms with Crippen LogP contribution in [-0.2, 0) is 0 Å². The first-order chi connectivity index (χ1) is 9.64. The summed E-state index contributed by atoms with van der Waals surface area (Å²) >= 11 is 5.63. The highest BCUT2D eigenvalue weighted by Gasteiger charge is 2.46. The molecule has 3 rings (SSSR count). The summed E-state index contributed by atoms with van der Waals surface area (Å²) in [7, 11) is 0. The first-order valence-corrected chi connectivity index (χ1v) is 9.32. The van der Waals surface area contributed by atoms with Crippen molar-refractivity contribution in [1.82, 2.24) is 5.32 Å². The second-order valence-electron chi connectivity index (χ2n) is 5.78. The lowest BCUT2D eigenvalue weighted by molar-refractivity contribution is 0.0205. The number of hydrogen-bond donors (Lipinski definition) is 1. The van der Waals surface area contributed by atoms with Crippen LogP contribution in [0.4, 0.5) is 0 Å². The minimum absolute atomic E-state index is 0.00352. The molecule has 1 saturated heterocycles. The molecule has 0 amide bonds. The lowest BCUT2D eigenvalue weighted by Gasteiger charge is -2.48. The third-order valence-electron chi connectivity index (χ3n) is 4.52. The fourth-order valence-electron chi connectivity index (χ4n) is 3.42. The van der Waals surface area contributed by atoms with E-state index in [-0.39, 0.29) is 5.60 Å². The van der Waals surface area contributed by atoms with Crippen LogP contribution in [0.1, 0.15) is 44.7 Å². The second kappa shape index (κ2) is 5.90. The Morgan fingerprint density at radius 3 is 3.10 bits per heavy atom. The van der Waals surface area contributed by atoms with Crippen LogP contribution in [0.3, 0.4) is 0 Å². The predicted octanol–water partition coefficient (Wildman–Crippen LogP) is 4.54. The van der Waals surface area contributed by atoms with Gasteiger partial charge in [-0.3, -0.25) is 0 Å². The SMILES string of the molecule is CCNC1CC2(CCCSC2C)Oc2cc(Br)ccc21. The fourth-order valence-corrected chi connectivity index (χ4v) is 4.99. The van der Waals surface area contributed by atoms with Gasteiger partial charge in [-0.1, -0.05) is 28.9 Å². The smallest absolute Gasteiger partial charge is 0.126 e. The number of nitrogens with one attached hydrogen (secondary N) is 1. The average Bonchev–Trinajstić information content (AvgIpc) is 2.42. The van der Waals surface area contributed by atoms with E-state index in [4.69, 9.17) is 4.74 Å². The normalized spacial score (nSPS) is 32.8. The maximum Gasteiger partial charge on any atom is 0.126 e. The molecule has 0 aromatic heterocycles. The summed E-state index contributed by atoms with van der Waals surface area (Å²) in [5.74, 6) is 2.33. The van der Waals surface area contributed by atoms with Crippen LogP contribution in [0, 0.1) is 0 Å². The molecule has 1 aromatic carbocycles. The van der Waals surface area contributed by atoms with Crippen LogP contribution < -0.4 is 10.1 Å². The topological polar surface area (TPSA) is 21.3 Å². The molecule has 0 aliphatic carbocycles. The molecule has 110 valence electrons. The van der Waals surface area contributed by atoms with Gasteiger partial charge in [-0.05, 0) is 44.2 Å². The van der Waals surface area contributed by atoms with E-state index >= 15 is 0 Å². The van der Waals surface area contributed by atoms with Gasteiger partial charge in [0, 0.05) is 27.7 Å². The van der Waals surface area contributed by atoms with Crippen molar-refractivity contribution < 1.29 is 4.74 Å². The Hall–Kier alpha value is -0.190. The van der Waals surface area contributed by atoms with Gasteiger partial charge in [-0.15, -0.1) is 0 Å². The summed E-state index contributed by atoms with van der Waals surface area (Å²) in [6.07, 6.45) is 3.52. The molecule has 1 aromatic rings. The van der Waals surface area contributed by atoms with Crippen LogP contribution >= 0.6 is 27.7 Å². The van der Waals surface area contributed by atoms with Gasteiger partial charge in [0.1, 0.15) is 11.4 Å². The molecule has 0 saturated carbocycles. The molecule has 2 heterocycles. The standard InChI is InChI=1S/C16H22BrNOS/c1-3-18-14-10-16(7-4-8-20-11(16)2)19-15-9-12(17)5-6-13(14)15/h5-6,9,11,14,18H,3-4,7-8,10H2,1-2H3. The maximum atomic E-state index is 6.54. The summed E-state index contributed by atoms with van der Waals surface area (Å²) in [6.45, 7) is 5.51. The number of rotatable bonds is 2. The molecule has 0 bridgehead atoms. The van der Waals surface area contributed by atoms with E-state index in [2.05, 4.69) is 65.1 Å². The fraction of sp³-hybridized carbons (Fsp3) is 0.625. The maximum absolute atomic E-state index is 6.54. The van der Waals surface area contributed by atoms with Crippen molar-refractivity contribution in [3.63, 3.8) is 0 Å². The first kappa shape index (κ1) is 14.7. The van der Waals surface area contributed by atoms with Gasteiger partial charge < -0.3 is 10.1 Å². The third kappa shape index (κ3) is 2.62. The molecule has 4 heteroatoms. The molecular formula is C16H22BrNOS. The minimum atomic E-state index is 0.00352. The van der Waals surface area contributed by atoms with E-state index in [0.717, 1.165) is 23.2 Å². The zero-order chi connectivity index (χ0) is 14.2. The molecule has 1 spiro atoms. The van der Waals surface area contributed by atoms with E-state index in [1.54, 1.807) is 0 Å². The number of hydrogen-bond acceptors (Lipinski definition) is 3. The summed E-state index contributed by atoms with van der Waals surface area (Å²) in [6, 6.07) is 6.86. The highest BCUT2D eigenvalue weighted by atomic mass is 79.9. The second-order valence-corrected chi connectivity index (χ2v) is 8.14. The highest BCUT2D eigenvalue weighted by molar-refractivity contribution is 9.10. The number of halogens is 1. The molecule has 2 aliphatic heterocycles. The van der Waals surface area contributed by atoms with Gasteiger partial charge in [0.05, 0.1) is 0 Å². The molecule has 1 fully saturated rings. The van der Waals surface area contributed by atoms with Crippen LogP contribution in [0.2, 0.25) is 0 Å². The lowest BCUT2D eigenvalue weighted by Crippen LogP contribution is -2.52. The van der Waals surface area contributed by atoms with E-state index in [9.17, 15) is 0 Å². The van der Waals surface area contributed by atoms with Gasteiger partial charge >= 0.3 is 0 Å². The zero-order valence-electron chi connectivity index (χ0n) is 12.1. The Kier molecular flexibility index (Phi) is 4.34. The minimum Gasteiger partial charge on any atom is -0.486 e. The van der Waals surface area contributed by atoms with Gasteiger partial charge in [0.25, 0.3) is 0 Å². The molecule has 20 heavy (non-hydrogen) atoms. The van der Waals surface area contributed by atoms with Crippen molar-refractivity contribution in [3.05, 3.63) is 28.2 Å². The highest BCUT2D eigenvalue weighted by Crippen LogP contribution is 2.48. The van der Waals surface area contributed by atoms with Crippen LogP contribution in [-0.4, -0.2) is 23.1 Å². The summed E-state index contributed by atoms with van der Waals surface area (Å²) in [4.78, 5) is 0. The zero-order valence-corrected chi connectivity index (χ0v) is 14.5. The van der Waals surface area contributed by atoms with E-state index in [0.29, 0.717) is 11.3 Å². The van der Waals surface area contributed by atoms with Gasteiger partial charge in [-0.25, -0.2) is 0 Å². The quantitative estimate of drug-likeness (QED) is 0.841. The summed E-state index contributed by atoms with van der Waals surface area (Å²) in [5, 5.41) is 4.21. The molecule has 1 N–H and O–H groups in total. The van der Waals surface area contributed by atoms with Gasteiger partial charge in [0.15, 0.2) is 0 Å². The Bertz CT molecular complexity index is 495. The Labute approximate surface area is 134 Å². The molecular weight excluding hydrogens is 334 g/mol. The Balaban J connectivity index is 1.98. The van der Waals surface area contributed by atoms with Crippen molar-refractivity contribution in [2.75, 3.05) is 12.3 Å². The van der Waals surface area contributed by atoms with Gasteiger partial charge in [0.2, 0.25) is 0 Å². The van der Waals surface area contributed by atoms with Crippen molar-refractivity contribution >= 4 is 27.7 Å². The monoisotopic (exact) mass is 355 g/mol. The lowest BCUT2D eigenvalue weighted by atomic mass is 9.81. The number of fused-ring (bicyclic) bond motifs is 1. The first-order valence-electron chi connectivity index (χ1n) is 7.48. The van der Waals surface area contributed by atoms with Crippen molar-refractivity contribution in [1.29, 1.82) is 0 Å². The number of thioether (sulfide) groups is 1. The molecule has 3 unspecified atom stereocenters. The summed E-state index contributed by atoms with van der Waals surface area (Å²) < 4.78 is 7.64. The summed E-state index contributed by atoms with van der Waals surface area (Å²) in [5.41, 5.74) is 1.31.